The Bertz CT molecular complexity index is 957. The third-order valence-corrected chi connectivity index (χ3v) is 6.36. The first-order valence-corrected chi connectivity index (χ1v) is 11.5. The maximum absolute atomic E-state index is 12.8. The summed E-state index contributed by atoms with van der Waals surface area (Å²) in [5, 5.41) is 0. The van der Waals surface area contributed by atoms with Gasteiger partial charge < -0.3 is 4.90 Å². The van der Waals surface area contributed by atoms with Crippen molar-refractivity contribution in [1.29, 1.82) is 0 Å². The number of benzene rings is 1. The van der Waals surface area contributed by atoms with Crippen LogP contribution in [0.1, 0.15) is 68.2 Å². The number of anilines is 1. The Balaban J connectivity index is 1.56. The molecule has 0 spiro atoms. The minimum atomic E-state index is -0.102. The maximum Gasteiger partial charge on any atom is 0.232 e. The predicted octanol–water partition coefficient (Wildman–Crippen LogP) is 4.02. The number of carbonyl (C=O) groups excluding carboxylic acids is 2. The third kappa shape index (κ3) is 4.48. The first-order chi connectivity index (χ1) is 15.0. The number of aromatic nitrogens is 2. The van der Waals surface area contributed by atoms with Gasteiger partial charge in [-0.05, 0) is 44.6 Å². The van der Waals surface area contributed by atoms with Gasteiger partial charge in [0.1, 0.15) is 5.82 Å². The molecule has 2 aliphatic rings. The van der Waals surface area contributed by atoms with Crippen LogP contribution in [0.4, 0.5) is 5.82 Å². The van der Waals surface area contributed by atoms with Crippen LogP contribution >= 0.6 is 0 Å². The Morgan fingerprint density at radius 3 is 2.68 bits per heavy atom. The molecule has 0 N–H and O–H groups in total. The van der Waals surface area contributed by atoms with Gasteiger partial charge in [0.25, 0.3) is 0 Å². The summed E-state index contributed by atoms with van der Waals surface area (Å²) in [6.07, 6.45) is 5.13. The number of nitrogens with zero attached hydrogens (tertiary/aromatic N) is 4. The van der Waals surface area contributed by atoms with Crippen LogP contribution in [0.15, 0.2) is 30.3 Å². The van der Waals surface area contributed by atoms with Crippen molar-refractivity contribution < 1.29 is 9.59 Å². The Morgan fingerprint density at radius 2 is 1.94 bits per heavy atom. The largest absolute Gasteiger partial charge is 0.332 e. The van der Waals surface area contributed by atoms with Gasteiger partial charge in [-0.1, -0.05) is 44.2 Å². The summed E-state index contributed by atoms with van der Waals surface area (Å²) < 4.78 is 0. The summed E-state index contributed by atoms with van der Waals surface area (Å²) in [6.45, 7) is 7.24. The number of hydrogen-bond donors (Lipinski definition) is 0. The van der Waals surface area contributed by atoms with E-state index in [4.69, 9.17) is 9.97 Å². The van der Waals surface area contributed by atoms with E-state index in [1.807, 2.05) is 48.8 Å². The lowest BCUT2D eigenvalue weighted by atomic mass is 9.99. The molecule has 1 aromatic heterocycles. The van der Waals surface area contributed by atoms with Crippen LogP contribution < -0.4 is 4.90 Å². The zero-order valence-electron chi connectivity index (χ0n) is 18.8. The lowest BCUT2D eigenvalue weighted by Crippen LogP contribution is -2.41. The van der Waals surface area contributed by atoms with Crippen LogP contribution in [0.3, 0.4) is 0 Å². The summed E-state index contributed by atoms with van der Waals surface area (Å²) in [7, 11) is 0. The molecule has 3 heterocycles. The molecular weight excluding hydrogens is 388 g/mol. The molecule has 0 aliphatic carbocycles. The van der Waals surface area contributed by atoms with Crippen molar-refractivity contribution in [1.82, 2.24) is 14.9 Å². The van der Waals surface area contributed by atoms with Crippen molar-refractivity contribution >= 4 is 17.6 Å². The molecule has 0 bridgehead atoms. The number of carbonyl (C=O) groups is 2. The van der Waals surface area contributed by atoms with Gasteiger partial charge in [0.05, 0.1) is 12.5 Å². The minimum absolute atomic E-state index is 0.0489. The van der Waals surface area contributed by atoms with Crippen molar-refractivity contribution in [3.63, 3.8) is 0 Å². The first-order valence-electron chi connectivity index (χ1n) is 11.5. The van der Waals surface area contributed by atoms with Crippen LogP contribution in [-0.2, 0) is 22.4 Å². The maximum atomic E-state index is 12.8. The van der Waals surface area contributed by atoms with E-state index in [0.717, 1.165) is 55.7 Å². The zero-order chi connectivity index (χ0) is 22.0. The lowest BCUT2D eigenvalue weighted by Gasteiger charge is -2.36. The molecule has 4 rings (SSSR count). The summed E-state index contributed by atoms with van der Waals surface area (Å²) >= 11 is 0. The van der Waals surface area contributed by atoms with E-state index >= 15 is 0 Å². The quantitative estimate of drug-likeness (QED) is 0.708. The molecular formula is C25H32N4O2. The van der Waals surface area contributed by atoms with Gasteiger partial charge in [-0.15, -0.1) is 0 Å². The SMILES string of the molecule is Cc1nc([C@@H]2CCCCN2C(=O)C(C)C)nc2c1CC(=O)N2CCCc1ccccc1. The highest BCUT2D eigenvalue weighted by atomic mass is 16.2. The lowest BCUT2D eigenvalue weighted by molar-refractivity contribution is -0.138. The zero-order valence-corrected chi connectivity index (χ0v) is 18.8. The van der Waals surface area contributed by atoms with Gasteiger partial charge in [0.2, 0.25) is 11.8 Å². The van der Waals surface area contributed by atoms with Crippen molar-refractivity contribution in [2.75, 3.05) is 18.0 Å². The Kier molecular flexibility index (Phi) is 6.35. The van der Waals surface area contributed by atoms with Gasteiger partial charge in [-0.2, -0.15) is 0 Å². The second-order valence-electron chi connectivity index (χ2n) is 8.98. The van der Waals surface area contributed by atoms with Crippen LogP contribution in [0.25, 0.3) is 0 Å². The van der Waals surface area contributed by atoms with Crippen molar-refractivity contribution in [2.24, 2.45) is 5.92 Å². The number of aryl methyl sites for hydroxylation is 2. The summed E-state index contributed by atoms with van der Waals surface area (Å²) in [6, 6.07) is 10.2. The Morgan fingerprint density at radius 1 is 1.16 bits per heavy atom. The number of hydrogen-bond acceptors (Lipinski definition) is 4. The first kappa shape index (κ1) is 21.5. The molecule has 0 radical (unpaired) electrons. The number of amides is 2. The van der Waals surface area contributed by atoms with Gasteiger partial charge in [-0.3, -0.25) is 14.5 Å². The minimum Gasteiger partial charge on any atom is -0.332 e. The topological polar surface area (TPSA) is 66.4 Å². The highest BCUT2D eigenvalue weighted by Crippen LogP contribution is 2.35. The fourth-order valence-electron chi connectivity index (χ4n) is 4.66. The fourth-order valence-corrected chi connectivity index (χ4v) is 4.66. The van der Waals surface area contributed by atoms with Gasteiger partial charge in [0, 0.05) is 30.3 Å². The van der Waals surface area contributed by atoms with Crippen LogP contribution in [-0.4, -0.2) is 39.8 Å². The highest BCUT2D eigenvalue weighted by Gasteiger charge is 2.35. The van der Waals surface area contributed by atoms with Crippen molar-refractivity contribution in [3.05, 3.63) is 53.0 Å². The Labute approximate surface area is 184 Å². The van der Waals surface area contributed by atoms with E-state index in [0.29, 0.717) is 18.8 Å². The standard InChI is InChI=1S/C25H32N4O2/c1-17(2)25(31)28-14-8-7-13-21(28)23-26-18(3)20-16-22(30)29(24(20)27-23)15-9-12-19-10-5-4-6-11-19/h4-6,10-11,17,21H,7-9,12-16H2,1-3H3/t21-/m0/s1. The number of piperidine rings is 1. The number of likely N-dealkylation sites (tertiary alicyclic amines) is 1. The summed E-state index contributed by atoms with van der Waals surface area (Å²) in [4.78, 5) is 39.0. The number of rotatable bonds is 6. The van der Waals surface area contributed by atoms with Gasteiger partial charge >= 0.3 is 0 Å². The molecule has 1 saturated heterocycles. The van der Waals surface area contributed by atoms with Crippen molar-refractivity contribution in [3.8, 4) is 0 Å². The summed E-state index contributed by atoms with van der Waals surface area (Å²) in [5.74, 6) is 1.64. The third-order valence-electron chi connectivity index (χ3n) is 6.36. The summed E-state index contributed by atoms with van der Waals surface area (Å²) in [5.41, 5.74) is 3.08. The molecule has 1 aromatic carbocycles. The smallest absolute Gasteiger partial charge is 0.232 e. The highest BCUT2D eigenvalue weighted by molar-refractivity contribution is 6.00. The molecule has 2 aromatic rings. The van der Waals surface area contributed by atoms with E-state index in [2.05, 4.69) is 12.1 Å². The molecule has 2 amide bonds. The molecule has 164 valence electrons. The molecule has 6 heteroatoms. The van der Waals surface area contributed by atoms with Crippen LogP contribution in [0.2, 0.25) is 0 Å². The second-order valence-corrected chi connectivity index (χ2v) is 8.98. The second kappa shape index (κ2) is 9.16. The molecule has 2 aliphatic heterocycles. The molecule has 0 saturated carbocycles. The van der Waals surface area contributed by atoms with Crippen molar-refractivity contribution in [2.45, 2.75) is 65.3 Å². The number of fused-ring (bicyclic) bond motifs is 1. The molecule has 0 unspecified atom stereocenters. The monoisotopic (exact) mass is 420 g/mol. The average Bonchev–Trinajstić information content (AvgIpc) is 3.10. The molecule has 1 fully saturated rings. The van der Waals surface area contributed by atoms with Crippen LogP contribution in [0, 0.1) is 12.8 Å². The van der Waals surface area contributed by atoms with E-state index in [1.54, 1.807) is 0 Å². The van der Waals surface area contributed by atoms with E-state index < -0.39 is 0 Å². The predicted molar refractivity (Wildman–Crippen MR) is 121 cm³/mol. The fraction of sp³-hybridized carbons (Fsp3) is 0.520. The normalized spacial score (nSPS) is 18.6. The van der Waals surface area contributed by atoms with Gasteiger partial charge in [0.15, 0.2) is 5.82 Å². The molecule has 6 nitrogen and oxygen atoms in total. The molecule has 31 heavy (non-hydrogen) atoms. The molecule has 1 atom stereocenters. The van der Waals surface area contributed by atoms with E-state index in [-0.39, 0.29) is 23.8 Å². The Hall–Kier alpha value is -2.76. The van der Waals surface area contributed by atoms with E-state index in [9.17, 15) is 9.59 Å². The van der Waals surface area contributed by atoms with E-state index in [1.165, 1.54) is 5.56 Å². The average molecular weight is 421 g/mol. The van der Waals surface area contributed by atoms with Crippen LogP contribution in [0.5, 0.6) is 0 Å². The van der Waals surface area contributed by atoms with Gasteiger partial charge in [-0.25, -0.2) is 9.97 Å².